The summed E-state index contributed by atoms with van der Waals surface area (Å²) in [5, 5.41) is 1.02. The normalized spacial score (nSPS) is 15.0. The average Bonchev–Trinajstić information content (AvgIpc) is 2.51. The van der Waals surface area contributed by atoms with Crippen molar-refractivity contribution in [3.63, 3.8) is 0 Å². The first-order chi connectivity index (χ1) is 10.4. The molecule has 0 bridgehead atoms. The van der Waals surface area contributed by atoms with E-state index in [4.69, 9.17) is 4.74 Å². The first kappa shape index (κ1) is 12.0. The van der Waals surface area contributed by atoms with Crippen LogP contribution in [0.5, 0.6) is 5.75 Å². The Morgan fingerprint density at radius 1 is 1.00 bits per heavy atom. The van der Waals surface area contributed by atoms with E-state index in [1.807, 2.05) is 18.2 Å². The molecular formula is C15H13N5O. The molecule has 1 saturated heterocycles. The van der Waals surface area contributed by atoms with Gasteiger partial charge >= 0.3 is 0 Å². The number of hydrogen-bond donors (Lipinski definition) is 0. The summed E-state index contributed by atoms with van der Waals surface area (Å²) < 4.78 is 5.88. The molecular weight excluding hydrogens is 266 g/mol. The first-order valence-corrected chi connectivity index (χ1v) is 6.76. The van der Waals surface area contributed by atoms with E-state index < -0.39 is 0 Å². The van der Waals surface area contributed by atoms with Gasteiger partial charge in [-0.1, -0.05) is 0 Å². The zero-order valence-electron chi connectivity index (χ0n) is 11.3. The van der Waals surface area contributed by atoms with Gasteiger partial charge in [0.05, 0.1) is 24.8 Å². The molecule has 6 nitrogen and oxygen atoms in total. The van der Waals surface area contributed by atoms with Gasteiger partial charge in [-0.25, -0.2) is 9.97 Å². The number of hydrogen-bond acceptors (Lipinski definition) is 6. The molecule has 1 aliphatic rings. The molecule has 0 radical (unpaired) electrons. The highest BCUT2D eigenvalue weighted by molar-refractivity contribution is 5.88. The standard InChI is InChI=1S/C15H13N5O/c1-4-16-5-2-11(1)21-12-8-20(9-12)15-13-3-6-17-7-14(13)18-10-19-15/h1-7,10,12H,8-9H2. The molecule has 0 amide bonds. The van der Waals surface area contributed by atoms with Crippen molar-refractivity contribution in [2.45, 2.75) is 6.10 Å². The van der Waals surface area contributed by atoms with Crippen molar-refractivity contribution in [1.29, 1.82) is 0 Å². The van der Waals surface area contributed by atoms with Gasteiger partial charge in [-0.15, -0.1) is 0 Å². The molecule has 0 aliphatic carbocycles. The van der Waals surface area contributed by atoms with E-state index >= 15 is 0 Å². The summed E-state index contributed by atoms with van der Waals surface area (Å²) in [5.41, 5.74) is 0.862. The molecule has 0 unspecified atom stereocenters. The predicted molar refractivity (Wildman–Crippen MR) is 78.2 cm³/mol. The van der Waals surface area contributed by atoms with Crippen LogP contribution in [0.3, 0.4) is 0 Å². The lowest BCUT2D eigenvalue weighted by Crippen LogP contribution is -2.54. The fourth-order valence-corrected chi connectivity index (χ4v) is 2.44. The molecule has 6 heteroatoms. The van der Waals surface area contributed by atoms with Gasteiger partial charge in [-0.3, -0.25) is 9.97 Å². The van der Waals surface area contributed by atoms with Gasteiger partial charge in [-0.05, 0) is 18.2 Å². The highest BCUT2D eigenvalue weighted by atomic mass is 16.5. The molecule has 0 atom stereocenters. The topological polar surface area (TPSA) is 64.0 Å². The number of anilines is 1. The van der Waals surface area contributed by atoms with Crippen molar-refractivity contribution in [2.24, 2.45) is 0 Å². The van der Waals surface area contributed by atoms with Crippen molar-refractivity contribution >= 4 is 16.7 Å². The quantitative estimate of drug-likeness (QED) is 0.727. The van der Waals surface area contributed by atoms with Crippen LogP contribution in [0.1, 0.15) is 0 Å². The maximum atomic E-state index is 5.88. The van der Waals surface area contributed by atoms with Crippen LogP contribution in [-0.4, -0.2) is 39.1 Å². The second kappa shape index (κ2) is 4.97. The minimum atomic E-state index is 0.180. The van der Waals surface area contributed by atoms with E-state index in [1.165, 1.54) is 0 Å². The van der Waals surface area contributed by atoms with Crippen molar-refractivity contribution in [3.8, 4) is 5.75 Å². The highest BCUT2D eigenvalue weighted by Crippen LogP contribution is 2.27. The van der Waals surface area contributed by atoms with Gasteiger partial charge < -0.3 is 9.64 Å². The summed E-state index contributed by atoms with van der Waals surface area (Å²) >= 11 is 0. The number of pyridine rings is 2. The second-order valence-corrected chi connectivity index (χ2v) is 4.92. The van der Waals surface area contributed by atoms with Gasteiger partial charge in [0, 0.05) is 24.0 Å². The smallest absolute Gasteiger partial charge is 0.140 e. The van der Waals surface area contributed by atoms with E-state index in [1.54, 1.807) is 31.1 Å². The van der Waals surface area contributed by atoms with Crippen LogP contribution in [0.2, 0.25) is 0 Å². The van der Waals surface area contributed by atoms with E-state index in [0.717, 1.165) is 35.6 Å². The van der Waals surface area contributed by atoms with E-state index in [2.05, 4.69) is 24.8 Å². The fourth-order valence-electron chi connectivity index (χ4n) is 2.44. The SMILES string of the molecule is c1cc(OC2CN(c3ncnc4cnccc34)C2)ccn1. The van der Waals surface area contributed by atoms with Crippen molar-refractivity contribution in [2.75, 3.05) is 18.0 Å². The number of aromatic nitrogens is 4. The largest absolute Gasteiger partial charge is 0.487 e. The van der Waals surface area contributed by atoms with Crippen molar-refractivity contribution in [1.82, 2.24) is 19.9 Å². The third-order valence-electron chi connectivity index (χ3n) is 3.52. The fraction of sp³-hybridized carbons (Fsp3) is 0.200. The molecule has 0 N–H and O–H groups in total. The van der Waals surface area contributed by atoms with Crippen LogP contribution in [0.4, 0.5) is 5.82 Å². The highest BCUT2D eigenvalue weighted by Gasteiger charge is 2.30. The molecule has 1 aliphatic heterocycles. The molecule has 4 rings (SSSR count). The summed E-state index contributed by atoms with van der Waals surface area (Å²) in [6, 6.07) is 5.69. The predicted octanol–water partition coefficient (Wildman–Crippen LogP) is 1.69. The zero-order valence-corrected chi connectivity index (χ0v) is 11.3. The Balaban J connectivity index is 1.50. The average molecular weight is 279 g/mol. The Kier molecular flexibility index (Phi) is 2.85. The zero-order chi connectivity index (χ0) is 14.1. The maximum Gasteiger partial charge on any atom is 0.140 e. The van der Waals surface area contributed by atoms with Crippen LogP contribution in [0.15, 0.2) is 49.3 Å². The van der Waals surface area contributed by atoms with Gasteiger partial charge in [0.2, 0.25) is 0 Å². The number of rotatable bonds is 3. The lowest BCUT2D eigenvalue weighted by atomic mass is 10.1. The number of fused-ring (bicyclic) bond motifs is 1. The van der Waals surface area contributed by atoms with Gasteiger partial charge in [0.25, 0.3) is 0 Å². The Morgan fingerprint density at radius 3 is 2.67 bits per heavy atom. The third-order valence-corrected chi connectivity index (χ3v) is 3.52. The van der Waals surface area contributed by atoms with Gasteiger partial charge in [0.15, 0.2) is 0 Å². The van der Waals surface area contributed by atoms with Crippen LogP contribution in [-0.2, 0) is 0 Å². The monoisotopic (exact) mass is 279 g/mol. The van der Waals surface area contributed by atoms with Crippen LogP contribution >= 0.6 is 0 Å². The summed E-state index contributed by atoms with van der Waals surface area (Å²) in [7, 11) is 0. The lowest BCUT2D eigenvalue weighted by Gasteiger charge is -2.40. The molecule has 21 heavy (non-hydrogen) atoms. The summed E-state index contributed by atoms with van der Waals surface area (Å²) in [6.07, 6.45) is 8.74. The van der Waals surface area contributed by atoms with E-state index in [-0.39, 0.29) is 6.10 Å². The van der Waals surface area contributed by atoms with Crippen LogP contribution < -0.4 is 9.64 Å². The molecule has 3 aromatic rings. The van der Waals surface area contributed by atoms with Crippen LogP contribution in [0, 0.1) is 0 Å². The Morgan fingerprint density at radius 2 is 1.81 bits per heavy atom. The van der Waals surface area contributed by atoms with E-state index in [0.29, 0.717) is 0 Å². The minimum Gasteiger partial charge on any atom is -0.487 e. The van der Waals surface area contributed by atoms with Crippen molar-refractivity contribution < 1.29 is 4.74 Å². The first-order valence-electron chi connectivity index (χ1n) is 6.76. The van der Waals surface area contributed by atoms with Crippen LogP contribution in [0.25, 0.3) is 10.9 Å². The summed E-state index contributed by atoms with van der Waals surface area (Å²) in [4.78, 5) is 18.9. The summed E-state index contributed by atoms with van der Waals surface area (Å²) in [5.74, 6) is 1.79. The Bertz CT molecular complexity index is 753. The van der Waals surface area contributed by atoms with Crippen molar-refractivity contribution in [3.05, 3.63) is 49.3 Å². The third kappa shape index (κ3) is 2.24. The van der Waals surface area contributed by atoms with Gasteiger partial charge in [-0.2, -0.15) is 0 Å². The molecule has 4 heterocycles. The maximum absolute atomic E-state index is 5.88. The Hall–Kier alpha value is -2.76. The molecule has 1 fully saturated rings. The lowest BCUT2D eigenvalue weighted by molar-refractivity contribution is 0.167. The molecule has 104 valence electrons. The second-order valence-electron chi connectivity index (χ2n) is 4.92. The molecule has 0 aromatic carbocycles. The summed E-state index contributed by atoms with van der Waals surface area (Å²) in [6.45, 7) is 1.63. The van der Waals surface area contributed by atoms with Gasteiger partial charge in [0.1, 0.15) is 24.0 Å². The molecule has 0 spiro atoms. The minimum absolute atomic E-state index is 0.180. The Labute approximate surface area is 121 Å². The molecule has 3 aromatic heterocycles. The molecule has 0 saturated carbocycles. The number of nitrogens with zero attached hydrogens (tertiary/aromatic N) is 5. The number of ether oxygens (including phenoxy) is 1. The van der Waals surface area contributed by atoms with E-state index in [9.17, 15) is 0 Å².